The summed E-state index contributed by atoms with van der Waals surface area (Å²) in [4.78, 5) is 28.8. The molecule has 0 saturated heterocycles. The van der Waals surface area contributed by atoms with Gasteiger partial charge in [-0.25, -0.2) is 9.11 Å². The molecule has 4 rings (SSSR count). The Morgan fingerprint density at radius 3 is 2.46 bits per heavy atom. The Hall–Kier alpha value is -3.17. The average molecular weight is 670 g/mol. The number of hydrogen-bond donors (Lipinski definition) is 3. The summed E-state index contributed by atoms with van der Waals surface area (Å²) in [6.07, 6.45) is 1.70. The molecule has 1 saturated carbocycles. The van der Waals surface area contributed by atoms with Crippen LogP contribution in [0.15, 0.2) is 41.2 Å². The van der Waals surface area contributed by atoms with Crippen LogP contribution in [-0.4, -0.2) is 43.9 Å². The summed E-state index contributed by atoms with van der Waals surface area (Å²) in [5.41, 5.74) is 0.549. The topological polar surface area (TPSA) is 122 Å². The first-order chi connectivity index (χ1) is 18.3. The molecule has 0 spiro atoms. The van der Waals surface area contributed by atoms with E-state index in [9.17, 15) is 22.4 Å². The molecule has 0 atom stereocenters. The normalized spacial score (nSPS) is 13.2. The number of nitrogens with one attached hydrogen (secondary N) is 3. The summed E-state index contributed by atoms with van der Waals surface area (Å²) in [6.45, 7) is 3.20. The van der Waals surface area contributed by atoms with Crippen molar-refractivity contribution in [2.75, 3.05) is 24.1 Å². The van der Waals surface area contributed by atoms with Crippen molar-refractivity contribution in [3.63, 3.8) is 0 Å². The van der Waals surface area contributed by atoms with Crippen LogP contribution in [0.5, 0.6) is 11.5 Å². The molecule has 0 unspecified atom stereocenters. The Morgan fingerprint density at radius 2 is 1.85 bits per heavy atom. The summed E-state index contributed by atoms with van der Waals surface area (Å²) in [5.74, 6) is -0.642. The number of aromatic nitrogens is 1. The molecule has 1 fully saturated rings. The number of nitrogens with zero attached hydrogens (tertiary/aromatic N) is 2. The molecule has 0 radical (unpaired) electrons. The summed E-state index contributed by atoms with van der Waals surface area (Å²) < 4.78 is 51.8. The smallest absolute Gasteiger partial charge is 0.298 e. The Kier molecular flexibility index (Phi) is 8.23. The third-order valence-corrected chi connectivity index (χ3v) is 8.28. The zero-order valence-electron chi connectivity index (χ0n) is 22.1. The van der Waals surface area contributed by atoms with Crippen LogP contribution in [0.4, 0.5) is 21.6 Å². The van der Waals surface area contributed by atoms with Crippen LogP contribution >= 0.6 is 22.6 Å². The van der Waals surface area contributed by atoms with Crippen LogP contribution < -0.4 is 25.1 Å². The van der Waals surface area contributed by atoms with Crippen molar-refractivity contribution in [2.24, 2.45) is 7.05 Å². The number of hydrogen-bond acceptors (Lipinski definition) is 6. The van der Waals surface area contributed by atoms with Gasteiger partial charge in [-0.3, -0.25) is 18.9 Å². The van der Waals surface area contributed by atoms with Crippen molar-refractivity contribution in [2.45, 2.75) is 32.7 Å². The second-order valence-electron chi connectivity index (χ2n) is 9.28. The van der Waals surface area contributed by atoms with E-state index in [1.807, 2.05) is 22.6 Å². The van der Waals surface area contributed by atoms with Gasteiger partial charge in [0.15, 0.2) is 5.75 Å². The van der Waals surface area contributed by atoms with Gasteiger partial charge in [-0.15, -0.1) is 0 Å². The molecule has 208 valence electrons. The van der Waals surface area contributed by atoms with E-state index in [0.29, 0.717) is 9.13 Å². The lowest BCUT2D eigenvalue weighted by Crippen LogP contribution is -2.33. The Morgan fingerprint density at radius 1 is 1.15 bits per heavy atom. The number of carbonyl (C=O) groups is 1. The predicted octanol–water partition coefficient (Wildman–Crippen LogP) is 4.39. The van der Waals surface area contributed by atoms with Crippen molar-refractivity contribution in [1.29, 1.82) is 0 Å². The summed E-state index contributed by atoms with van der Waals surface area (Å²) in [5, 5.41) is 2.95. The van der Waals surface area contributed by atoms with Gasteiger partial charge >= 0.3 is 0 Å². The first-order valence-corrected chi connectivity index (χ1v) is 14.6. The van der Waals surface area contributed by atoms with Gasteiger partial charge in [0.25, 0.3) is 21.7 Å². The maximum Gasteiger partial charge on any atom is 0.298 e. The van der Waals surface area contributed by atoms with Gasteiger partial charge in [0.05, 0.1) is 16.9 Å². The Balaban J connectivity index is 1.90. The highest BCUT2D eigenvalue weighted by Crippen LogP contribution is 2.39. The first kappa shape index (κ1) is 28.8. The maximum absolute atomic E-state index is 14.8. The van der Waals surface area contributed by atoms with Crippen molar-refractivity contribution in [3.05, 3.63) is 72.8 Å². The van der Waals surface area contributed by atoms with Gasteiger partial charge in [-0.2, -0.15) is 8.42 Å². The van der Waals surface area contributed by atoms with E-state index >= 15 is 0 Å². The van der Waals surface area contributed by atoms with Crippen molar-refractivity contribution in [3.8, 4) is 11.5 Å². The van der Waals surface area contributed by atoms with Crippen molar-refractivity contribution >= 4 is 55.9 Å². The van der Waals surface area contributed by atoms with Crippen LogP contribution in [0.2, 0.25) is 0 Å². The molecule has 13 heteroatoms. The lowest BCUT2D eigenvalue weighted by Gasteiger charge is -2.25. The third kappa shape index (κ3) is 6.04. The standard InChI is InChI=1S/C26H29FIN5O5S/c1-14-19(31-39(36,37)29-3)7-6-8-21(14)38-23-15(2)25(34)33(5)24(22(23)26(35)32(4)17-10-11-17)30-20-12-9-16(28)13-18(20)27/h6-9,12-13,17,29-31H,10-11H2,1-5H3. The Bertz CT molecular complexity index is 1620. The third-order valence-electron chi connectivity index (χ3n) is 6.59. The largest absolute Gasteiger partial charge is 0.456 e. The number of ether oxygens (including phenoxy) is 1. The molecule has 3 aromatic rings. The number of amides is 1. The van der Waals surface area contributed by atoms with Crippen LogP contribution in [0.3, 0.4) is 0 Å². The monoisotopic (exact) mass is 669 g/mol. The minimum atomic E-state index is -3.80. The molecule has 1 aliphatic rings. The minimum Gasteiger partial charge on any atom is -0.456 e. The number of benzene rings is 2. The first-order valence-electron chi connectivity index (χ1n) is 12.1. The fourth-order valence-electron chi connectivity index (χ4n) is 4.05. The quantitative estimate of drug-likeness (QED) is 0.291. The fourth-order valence-corrected chi connectivity index (χ4v) is 5.11. The van der Waals surface area contributed by atoms with Crippen LogP contribution in [0.25, 0.3) is 0 Å². The predicted molar refractivity (Wildman–Crippen MR) is 157 cm³/mol. The highest BCUT2D eigenvalue weighted by atomic mass is 127. The van der Waals surface area contributed by atoms with Crippen molar-refractivity contribution in [1.82, 2.24) is 14.2 Å². The number of rotatable bonds is 9. The van der Waals surface area contributed by atoms with Crippen LogP contribution in [0.1, 0.15) is 34.3 Å². The number of pyridine rings is 1. The lowest BCUT2D eigenvalue weighted by molar-refractivity contribution is 0.0782. The molecule has 0 bridgehead atoms. The van der Waals surface area contributed by atoms with E-state index in [1.165, 1.54) is 30.8 Å². The number of carbonyl (C=O) groups excluding carboxylic acids is 1. The highest BCUT2D eigenvalue weighted by molar-refractivity contribution is 14.1. The van der Waals surface area contributed by atoms with Gasteiger partial charge in [-0.05, 0) is 79.6 Å². The van der Waals surface area contributed by atoms with Gasteiger partial charge < -0.3 is 15.0 Å². The van der Waals surface area contributed by atoms with Gasteiger partial charge in [0.2, 0.25) is 0 Å². The molecule has 39 heavy (non-hydrogen) atoms. The van der Waals surface area contributed by atoms with E-state index in [0.717, 1.165) is 12.8 Å². The second-order valence-corrected chi connectivity index (χ2v) is 12.1. The SMILES string of the molecule is CNS(=O)(=O)Nc1cccc(Oc2c(C(=O)N(C)C3CC3)c(Nc3ccc(I)cc3F)n(C)c(=O)c2C)c1C. The summed E-state index contributed by atoms with van der Waals surface area (Å²) in [7, 11) is 0.650. The van der Waals surface area contributed by atoms with E-state index in [1.54, 1.807) is 50.1 Å². The Labute approximate surface area is 239 Å². The van der Waals surface area contributed by atoms with Crippen LogP contribution in [-0.2, 0) is 17.3 Å². The van der Waals surface area contributed by atoms with E-state index in [2.05, 4.69) is 14.8 Å². The zero-order valence-corrected chi connectivity index (χ0v) is 25.0. The van der Waals surface area contributed by atoms with Crippen LogP contribution in [0, 0.1) is 23.2 Å². The molecule has 1 heterocycles. The fraction of sp³-hybridized carbons (Fsp3) is 0.308. The molecule has 1 aliphatic carbocycles. The van der Waals surface area contributed by atoms with Gasteiger partial charge in [0.1, 0.15) is 22.9 Å². The van der Waals surface area contributed by atoms with E-state index in [-0.39, 0.29) is 45.9 Å². The van der Waals surface area contributed by atoms with Gasteiger partial charge in [-0.1, -0.05) is 6.07 Å². The average Bonchev–Trinajstić information content (AvgIpc) is 3.74. The summed E-state index contributed by atoms with van der Waals surface area (Å²) >= 11 is 1.99. The molecule has 0 aliphatic heterocycles. The molecule has 2 aromatic carbocycles. The molecule has 1 amide bonds. The van der Waals surface area contributed by atoms with E-state index < -0.39 is 27.5 Å². The molecular formula is C26H29FIN5O5S. The molecule has 1 aromatic heterocycles. The lowest BCUT2D eigenvalue weighted by atomic mass is 10.1. The van der Waals surface area contributed by atoms with Gasteiger partial charge in [0, 0.05) is 36.3 Å². The molecule has 3 N–H and O–H groups in total. The zero-order chi connectivity index (χ0) is 28.6. The minimum absolute atomic E-state index is 0.000688. The molecular weight excluding hydrogens is 640 g/mol. The molecule has 10 nitrogen and oxygen atoms in total. The highest BCUT2D eigenvalue weighted by Gasteiger charge is 2.35. The van der Waals surface area contributed by atoms with E-state index in [4.69, 9.17) is 4.74 Å². The summed E-state index contributed by atoms with van der Waals surface area (Å²) in [6, 6.07) is 9.38. The number of anilines is 3. The maximum atomic E-state index is 14.8. The van der Waals surface area contributed by atoms with Crippen molar-refractivity contribution < 1.29 is 22.3 Å². The number of halogens is 2. The second kappa shape index (κ2) is 11.1.